The molecule has 1 amide bonds. The number of hydrogen-bond acceptors (Lipinski definition) is 5. The van der Waals surface area contributed by atoms with Gasteiger partial charge in [-0.15, -0.1) is 0 Å². The summed E-state index contributed by atoms with van der Waals surface area (Å²) in [5, 5.41) is 7.69. The highest BCUT2D eigenvalue weighted by Crippen LogP contribution is 2.29. The van der Waals surface area contributed by atoms with Crippen LogP contribution in [0, 0.1) is 19.8 Å². The second kappa shape index (κ2) is 8.11. The van der Waals surface area contributed by atoms with Crippen LogP contribution in [0.3, 0.4) is 0 Å². The molecule has 3 aromatic rings. The molecule has 3 heterocycles. The number of nitrogens with zero attached hydrogens (tertiary/aromatic N) is 3. The van der Waals surface area contributed by atoms with Crippen molar-refractivity contribution >= 4 is 26.8 Å². The second-order valence-corrected chi connectivity index (χ2v) is 10.8. The summed E-state index contributed by atoms with van der Waals surface area (Å²) in [4.78, 5) is 21.4. The van der Waals surface area contributed by atoms with Crippen LogP contribution in [0.15, 0.2) is 24.3 Å². The summed E-state index contributed by atoms with van der Waals surface area (Å²) in [5.41, 5.74) is 3.61. The van der Waals surface area contributed by atoms with Gasteiger partial charge >= 0.3 is 0 Å². The molecule has 0 aliphatic carbocycles. The molecule has 0 bridgehead atoms. The van der Waals surface area contributed by atoms with Crippen LogP contribution in [-0.2, 0) is 9.84 Å². The number of sulfone groups is 1. The number of aromatic amines is 1. The zero-order valence-corrected chi connectivity index (χ0v) is 19.2. The van der Waals surface area contributed by atoms with Crippen molar-refractivity contribution in [1.82, 2.24) is 25.1 Å². The lowest BCUT2D eigenvalue weighted by Gasteiger charge is -2.22. The van der Waals surface area contributed by atoms with Crippen LogP contribution in [0.25, 0.3) is 11.0 Å². The van der Waals surface area contributed by atoms with Gasteiger partial charge in [0.2, 0.25) is 0 Å². The molecule has 31 heavy (non-hydrogen) atoms. The van der Waals surface area contributed by atoms with E-state index in [1.54, 1.807) is 11.6 Å². The van der Waals surface area contributed by atoms with Crippen molar-refractivity contribution in [2.24, 2.45) is 5.92 Å². The average molecular weight is 444 g/mol. The van der Waals surface area contributed by atoms with Gasteiger partial charge in [-0.05, 0) is 38.3 Å². The van der Waals surface area contributed by atoms with Crippen LogP contribution in [0.5, 0.6) is 0 Å². The molecule has 0 radical (unpaired) electrons. The predicted molar refractivity (Wildman–Crippen MR) is 120 cm³/mol. The van der Waals surface area contributed by atoms with Gasteiger partial charge < -0.3 is 10.3 Å². The molecule has 1 aliphatic heterocycles. The summed E-state index contributed by atoms with van der Waals surface area (Å²) in [7, 11) is -3.04. The number of nitrogens with one attached hydrogen (secondary N) is 2. The lowest BCUT2D eigenvalue weighted by Crippen LogP contribution is -2.34. The zero-order chi connectivity index (χ0) is 22.3. The highest BCUT2D eigenvalue weighted by molar-refractivity contribution is 7.91. The van der Waals surface area contributed by atoms with E-state index in [1.807, 2.05) is 31.2 Å². The number of amides is 1. The van der Waals surface area contributed by atoms with E-state index in [2.05, 4.69) is 29.2 Å². The van der Waals surface area contributed by atoms with Crippen molar-refractivity contribution in [2.75, 3.05) is 11.5 Å². The van der Waals surface area contributed by atoms with Crippen molar-refractivity contribution in [3.63, 3.8) is 0 Å². The first kappa shape index (κ1) is 21.5. The van der Waals surface area contributed by atoms with E-state index in [1.165, 1.54) is 0 Å². The van der Waals surface area contributed by atoms with Crippen molar-refractivity contribution in [2.45, 2.75) is 52.6 Å². The Morgan fingerprint density at radius 1 is 1.32 bits per heavy atom. The number of benzene rings is 1. The number of H-pyrrole nitrogens is 1. The Balaban J connectivity index is 1.63. The maximum Gasteiger partial charge on any atom is 0.255 e. The summed E-state index contributed by atoms with van der Waals surface area (Å²) >= 11 is 0. The van der Waals surface area contributed by atoms with Crippen molar-refractivity contribution in [3.8, 4) is 0 Å². The van der Waals surface area contributed by atoms with Crippen molar-refractivity contribution in [3.05, 3.63) is 47.0 Å². The number of imidazole rings is 1. The quantitative estimate of drug-likeness (QED) is 0.608. The Bertz CT molecular complexity index is 1190. The van der Waals surface area contributed by atoms with E-state index in [0.717, 1.165) is 23.3 Å². The van der Waals surface area contributed by atoms with Gasteiger partial charge in [-0.3, -0.25) is 9.48 Å². The van der Waals surface area contributed by atoms with E-state index in [0.29, 0.717) is 23.4 Å². The van der Waals surface area contributed by atoms with E-state index in [4.69, 9.17) is 4.98 Å². The molecule has 4 rings (SSSR count). The maximum absolute atomic E-state index is 13.3. The van der Waals surface area contributed by atoms with Gasteiger partial charge in [-0.2, -0.15) is 5.10 Å². The molecule has 2 N–H and O–H groups in total. The number of carbonyl (C=O) groups excluding carboxylic acids is 1. The predicted octanol–water partition coefficient (Wildman–Crippen LogP) is 3.25. The molecule has 2 aromatic heterocycles. The topological polar surface area (TPSA) is 110 Å². The summed E-state index contributed by atoms with van der Waals surface area (Å²) < 4.78 is 25.5. The standard InChI is InChI=1S/C22H29N5O3S/c1-5-13(2)20(21-23-17-8-6-7-9-18(17)24-21)25-22(28)19-14(3)26-27(15(19)4)16-10-11-31(29,30)12-16/h6-9,13,16,20H,5,10-12H2,1-4H3,(H,23,24)(H,25,28)/t13-,16-,20+/m0/s1. The molecule has 166 valence electrons. The van der Waals surface area contributed by atoms with E-state index < -0.39 is 9.84 Å². The van der Waals surface area contributed by atoms with Crippen LogP contribution in [-0.4, -0.2) is 45.6 Å². The van der Waals surface area contributed by atoms with Crippen LogP contribution in [0.4, 0.5) is 0 Å². The Morgan fingerprint density at radius 3 is 2.71 bits per heavy atom. The number of carbonyl (C=O) groups is 1. The third kappa shape index (κ3) is 4.11. The minimum atomic E-state index is -3.04. The summed E-state index contributed by atoms with van der Waals surface area (Å²) in [5.74, 6) is 0.922. The smallest absolute Gasteiger partial charge is 0.255 e. The molecule has 3 atom stereocenters. The monoisotopic (exact) mass is 443 g/mol. The number of rotatable bonds is 6. The zero-order valence-electron chi connectivity index (χ0n) is 18.3. The molecular weight excluding hydrogens is 414 g/mol. The normalized spacial score (nSPS) is 20.1. The lowest BCUT2D eigenvalue weighted by atomic mass is 9.98. The first-order valence-corrected chi connectivity index (χ1v) is 12.5. The van der Waals surface area contributed by atoms with E-state index in [-0.39, 0.29) is 35.4 Å². The van der Waals surface area contributed by atoms with Crippen LogP contribution in [0.1, 0.15) is 66.3 Å². The Hall–Kier alpha value is -2.68. The molecule has 0 spiro atoms. The summed E-state index contributed by atoms with van der Waals surface area (Å²) in [6.45, 7) is 7.80. The molecule has 8 nitrogen and oxygen atoms in total. The Kier molecular flexibility index (Phi) is 5.63. The lowest BCUT2D eigenvalue weighted by molar-refractivity contribution is 0.0919. The van der Waals surface area contributed by atoms with Crippen molar-refractivity contribution in [1.29, 1.82) is 0 Å². The SMILES string of the molecule is CC[C@H](C)[C@@H](NC(=O)c1c(C)nn([C@H]2CCS(=O)(=O)C2)c1C)c1nc2ccccc2[nH]1. The fourth-order valence-corrected chi connectivity index (χ4v) is 6.06. The van der Waals surface area contributed by atoms with Gasteiger partial charge in [0.15, 0.2) is 9.84 Å². The second-order valence-electron chi connectivity index (χ2n) is 8.52. The summed E-state index contributed by atoms with van der Waals surface area (Å²) in [6, 6.07) is 7.30. The fraction of sp³-hybridized carbons (Fsp3) is 0.500. The minimum absolute atomic E-state index is 0.0739. The molecular formula is C22H29N5O3S. The third-order valence-electron chi connectivity index (χ3n) is 6.31. The Morgan fingerprint density at radius 2 is 2.06 bits per heavy atom. The van der Waals surface area contributed by atoms with Gasteiger partial charge in [0.1, 0.15) is 5.82 Å². The first-order valence-electron chi connectivity index (χ1n) is 10.7. The summed E-state index contributed by atoms with van der Waals surface area (Å²) in [6.07, 6.45) is 1.40. The van der Waals surface area contributed by atoms with Crippen LogP contribution >= 0.6 is 0 Å². The average Bonchev–Trinajstić information content (AvgIpc) is 3.39. The van der Waals surface area contributed by atoms with E-state index >= 15 is 0 Å². The number of aromatic nitrogens is 4. The van der Waals surface area contributed by atoms with Gasteiger partial charge in [0.25, 0.3) is 5.91 Å². The molecule has 0 saturated carbocycles. The molecule has 9 heteroatoms. The molecule has 1 fully saturated rings. The molecule has 1 saturated heterocycles. The molecule has 1 aliphatic rings. The Labute approximate surface area is 182 Å². The van der Waals surface area contributed by atoms with Crippen molar-refractivity contribution < 1.29 is 13.2 Å². The van der Waals surface area contributed by atoms with Gasteiger partial charge in [0, 0.05) is 5.69 Å². The molecule has 0 unspecified atom stereocenters. The minimum Gasteiger partial charge on any atom is -0.342 e. The van der Waals surface area contributed by atoms with Crippen LogP contribution in [0.2, 0.25) is 0 Å². The maximum atomic E-state index is 13.3. The fourth-order valence-electron chi connectivity index (χ4n) is 4.36. The largest absolute Gasteiger partial charge is 0.342 e. The highest BCUT2D eigenvalue weighted by atomic mass is 32.2. The van der Waals surface area contributed by atoms with Crippen LogP contribution < -0.4 is 5.32 Å². The first-order chi connectivity index (χ1) is 14.7. The number of para-hydroxylation sites is 2. The van der Waals surface area contributed by atoms with E-state index in [9.17, 15) is 13.2 Å². The third-order valence-corrected chi connectivity index (χ3v) is 8.06. The van der Waals surface area contributed by atoms with Gasteiger partial charge in [-0.1, -0.05) is 32.4 Å². The number of hydrogen-bond donors (Lipinski definition) is 2. The molecule has 1 aromatic carbocycles. The highest BCUT2D eigenvalue weighted by Gasteiger charge is 2.33. The number of fused-ring (bicyclic) bond motifs is 1. The van der Waals surface area contributed by atoms with Gasteiger partial charge in [0.05, 0.1) is 45.9 Å². The number of aryl methyl sites for hydroxylation is 1. The van der Waals surface area contributed by atoms with Gasteiger partial charge in [-0.25, -0.2) is 13.4 Å².